The van der Waals surface area contributed by atoms with Crippen LogP contribution in [0.1, 0.15) is 96.8 Å². The first kappa shape index (κ1) is 26.5. The molecule has 0 aromatic heterocycles. The topological polar surface area (TPSA) is 29.5 Å². The summed E-state index contributed by atoms with van der Waals surface area (Å²) in [6.45, 7) is 4.48. The number of carbonyl (C=O) groups excluding carboxylic acids is 1. The SMILES string of the molecule is CCCCCCCC/C=C\CCCCCCCC(=O)OCCN(C)CCS. The number of nitrogens with zero attached hydrogens (tertiary/aromatic N) is 1. The molecule has 0 N–H and O–H groups in total. The summed E-state index contributed by atoms with van der Waals surface area (Å²) in [5, 5.41) is 0. The van der Waals surface area contributed by atoms with Crippen molar-refractivity contribution in [2.45, 2.75) is 96.8 Å². The second kappa shape index (κ2) is 21.8. The molecule has 0 radical (unpaired) electrons. The van der Waals surface area contributed by atoms with Crippen molar-refractivity contribution < 1.29 is 9.53 Å². The minimum absolute atomic E-state index is 0.0492. The van der Waals surface area contributed by atoms with E-state index < -0.39 is 0 Å². The lowest BCUT2D eigenvalue weighted by molar-refractivity contribution is -0.144. The third-order valence-corrected chi connectivity index (χ3v) is 5.06. The maximum Gasteiger partial charge on any atom is 0.305 e. The summed E-state index contributed by atoms with van der Waals surface area (Å²) in [7, 11) is 2.02. The van der Waals surface area contributed by atoms with E-state index in [1.54, 1.807) is 0 Å². The first-order chi connectivity index (χ1) is 13.2. The summed E-state index contributed by atoms with van der Waals surface area (Å²) < 4.78 is 5.26. The number of thiol groups is 1. The maximum absolute atomic E-state index is 11.7. The van der Waals surface area contributed by atoms with Gasteiger partial charge in [-0.05, 0) is 39.2 Å². The number of hydrogen-bond donors (Lipinski definition) is 1. The quantitative estimate of drug-likeness (QED) is 0.111. The molecule has 0 rings (SSSR count). The Morgan fingerprint density at radius 1 is 0.852 bits per heavy atom. The van der Waals surface area contributed by atoms with E-state index in [0.717, 1.165) is 31.7 Å². The molecule has 0 aliphatic heterocycles. The third-order valence-electron chi connectivity index (χ3n) is 4.86. The largest absolute Gasteiger partial charge is 0.464 e. The fourth-order valence-electron chi connectivity index (χ4n) is 3.01. The van der Waals surface area contributed by atoms with Crippen molar-refractivity contribution in [3.8, 4) is 0 Å². The van der Waals surface area contributed by atoms with E-state index in [-0.39, 0.29) is 5.97 Å². The van der Waals surface area contributed by atoms with Gasteiger partial charge in [0.05, 0.1) is 0 Å². The zero-order chi connectivity index (χ0) is 20.0. The summed E-state index contributed by atoms with van der Waals surface area (Å²) >= 11 is 4.19. The minimum Gasteiger partial charge on any atom is -0.464 e. The number of allylic oxidation sites excluding steroid dienone is 2. The maximum atomic E-state index is 11.7. The van der Waals surface area contributed by atoms with Gasteiger partial charge in [-0.25, -0.2) is 0 Å². The predicted octanol–water partition coefficient (Wildman–Crippen LogP) is 6.43. The van der Waals surface area contributed by atoms with Gasteiger partial charge in [-0.1, -0.05) is 70.4 Å². The fraction of sp³-hybridized carbons (Fsp3) is 0.870. The van der Waals surface area contributed by atoms with Gasteiger partial charge in [0.15, 0.2) is 0 Å². The normalized spacial score (nSPS) is 11.6. The summed E-state index contributed by atoms with van der Waals surface area (Å²) in [5.41, 5.74) is 0. The number of hydrogen-bond acceptors (Lipinski definition) is 4. The Morgan fingerprint density at radius 3 is 2.00 bits per heavy atom. The summed E-state index contributed by atoms with van der Waals surface area (Å²) in [6.07, 6.45) is 21.9. The molecule has 0 aromatic rings. The molecule has 0 atom stereocenters. The summed E-state index contributed by atoms with van der Waals surface area (Å²) in [6, 6.07) is 0. The Morgan fingerprint density at radius 2 is 1.41 bits per heavy atom. The lowest BCUT2D eigenvalue weighted by Gasteiger charge is -2.14. The van der Waals surface area contributed by atoms with E-state index >= 15 is 0 Å². The second-order valence-corrected chi connectivity index (χ2v) is 8.03. The number of esters is 1. The zero-order valence-corrected chi connectivity index (χ0v) is 19.0. The number of ether oxygens (including phenoxy) is 1. The highest BCUT2D eigenvalue weighted by molar-refractivity contribution is 7.80. The molecule has 0 spiro atoms. The van der Waals surface area contributed by atoms with E-state index in [4.69, 9.17) is 4.74 Å². The van der Waals surface area contributed by atoms with Crippen molar-refractivity contribution in [2.75, 3.05) is 32.5 Å². The van der Waals surface area contributed by atoms with Crippen LogP contribution in [0.15, 0.2) is 12.2 Å². The molecule has 0 heterocycles. The monoisotopic (exact) mass is 399 g/mol. The lowest BCUT2D eigenvalue weighted by atomic mass is 10.1. The zero-order valence-electron chi connectivity index (χ0n) is 18.1. The minimum atomic E-state index is -0.0492. The molecule has 0 saturated carbocycles. The highest BCUT2D eigenvalue weighted by atomic mass is 32.1. The molecule has 0 unspecified atom stereocenters. The first-order valence-electron chi connectivity index (χ1n) is 11.3. The molecule has 0 fully saturated rings. The molecule has 0 amide bonds. The van der Waals surface area contributed by atoms with Gasteiger partial charge in [-0.15, -0.1) is 0 Å². The van der Waals surface area contributed by atoms with Crippen LogP contribution >= 0.6 is 12.6 Å². The van der Waals surface area contributed by atoms with Gasteiger partial charge in [0, 0.05) is 25.3 Å². The van der Waals surface area contributed by atoms with Crippen LogP contribution in [0.3, 0.4) is 0 Å². The van der Waals surface area contributed by atoms with Gasteiger partial charge < -0.3 is 9.64 Å². The molecule has 0 saturated heterocycles. The van der Waals surface area contributed by atoms with Crippen molar-refractivity contribution in [3.05, 3.63) is 12.2 Å². The first-order valence-corrected chi connectivity index (χ1v) is 11.9. The lowest BCUT2D eigenvalue weighted by Crippen LogP contribution is -2.26. The number of likely N-dealkylation sites (N-methyl/N-ethyl adjacent to an activating group) is 1. The van der Waals surface area contributed by atoms with Gasteiger partial charge in [0.2, 0.25) is 0 Å². The van der Waals surface area contributed by atoms with Gasteiger partial charge in [-0.3, -0.25) is 4.79 Å². The molecule has 160 valence electrons. The molecule has 0 bridgehead atoms. The predicted molar refractivity (Wildman–Crippen MR) is 122 cm³/mol. The highest BCUT2D eigenvalue weighted by Crippen LogP contribution is 2.10. The number of carbonyl (C=O) groups is 1. The third kappa shape index (κ3) is 21.7. The molecule has 27 heavy (non-hydrogen) atoms. The average molecular weight is 400 g/mol. The van der Waals surface area contributed by atoms with Crippen LogP contribution in [0.5, 0.6) is 0 Å². The van der Waals surface area contributed by atoms with Crippen LogP contribution in [0.4, 0.5) is 0 Å². The second-order valence-electron chi connectivity index (χ2n) is 7.58. The smallest absolute Gasteiger partial charge is 0.305 e. The Balaban J connectivity index is 3.25. The van der Waals surface area contributed by atoms with Crippen molar-refractivity contribution in [1.29, 1.82) is 0 Å². The molecule has 0 aliphatic rings. The van der Waals surface area contributed by atoms with E-state index in [1.165, 1.54) is 70.6 Å². The Labute approximate surface area is 174 Å². The van der Waals surface area contributed by atoms with Crippen LogP contribution in [0.25, 0.3) is 0 Å². The Bertz CT molecular complexity index is 347. The fourth-order valence-corrected chi connectivity index (χ4v) is 3.35. The number of unbranched alkanes of at least 4 members (excludes halogenated alkanes) is 11. The van der Waals surface area contributed by atoms with Crippen LogP contribution in [-0.2, 0) is 9.53 Å². The molecule has 0 aliphatic carbocycles. The van der Waals surface area contributed by atoms with Gasteiger partial charge in [0.1, 0.15) is 6.61 Å². The van der Waals surface area contributed by atoms with E-state index in [2.05, 4.69) is 36.6 Å². The molecule has 4 heteroatoms. The number of rotatable bonds is 20. The van der Waals surface area contributed by atoms with E-state index in [1.807, 2.05) is 7.05 Å². The van der Waals surface area contributed by atoms with Gasteiger partial charge >= 0.3 is 5.97 Å². The molecular weight excluding hydrogens is 354 g/mol. The average Bonchev–Trinajstić information content (AvgIpc) is 2.65. The molecular formula is C23H45NO2S. The molecule has 3 nitrogen and oxygen atoms in total. The Kier molecular flexibility index (Phi) is 21.4. The van der Waals surface area contributed by atoms with Crippen LogP contribution in [0.2, 0.25) is 0 Å². The molecule has 0 aromatic carbocycles. The summed E-state index contributed by atoms with van der Waals surface area (Å²) in [5.74, 6) is 0.784. The van der Waals surface area contributed by atoms with E-state index in [0.29, 0.717) is 13.0 Å². The van der Waals surface area contributed by atoms with Crippen molar-refractivity contribution in [1.82, 2.24) is 4.90 Å². The van der Waals surface area contributed by atoms with E-state index in [9.17, 15) is 4.79 Å². The van der Waals surface area contributed by atoms with Crippen molar-refractivity contribution in [2.24, 2.45) is 0 Å². The Hall–Kier alpha value is -0.480. The van der Waals surface area contributed by atoms with Crippen LogP contribution in [0, 0.1) is 0 Å². The standard InChI is InChI=1S/C23H45NO2S/c1-3-4-5-6-7-8-9-10-11-12-13-14-15-16-17-18-23(25)26-21-19-24(2)20-22-27/h10-11,27H,3-9,12-22H2,1-2H3/b11-10-. The summed E-state index contributed by atoms with van der Waals surface area (Å²) in [4.78, 5) is 13.8. The van der Waals surface area contributed by atoms with Crippen LogP contribution in [-0.4, -0.2) is 43.4 Å². The van der Waals surface area contributed by atoms with Crippen molar-refractivity contribution in [3.63, 3.8) is 0 Å². The van der Waals surface area contributed by atoms with Gasteiger partial charge in [-0.2, -0.15) is 12.6 Å². The van der Waals surface area contributed by atoms with Crippen LogP contribution < -0.4 is 0 Å². The highest BCUT2D eigenvalue weighted by Gasteiger charge is 2.03. The van der Waals surface area contributed by atoms with Gasteiger partial charge in [0.25, 0.3) is 0 Å². The van der Waals surface area contributed by atoms with Crippen molar-refractivity contribution >= 4 is 18.6 Å².